The first-order valence-electron chi connectivity index (χ1n) is 13.5. The van der Waals surface area contributed by atoms with Gasteiger partial charge in [0.2, 0.25) is 5.76 Å². The quantitative estimate of drug-likeness (QED) is 0.319. The van der Waals surface area contributed by atoms with Crippen molar-refractivity contribution in [2.75, 3.05) is 39.4 Å². The molecule has 0 aliphatic carbocycles. The van der Waals surface area contributed by atoms with Crippen LogP contribution in [-0.4, -0.2) is 55.1 Å². The molecule has 3 aromatic carbocycles. The monoisotopic (exact) mass is 524 g/mol. The van der Waals surface area contributed by atoms with E-state index in [2.05, 4.69) is 4.90 Å². The molecule has 7 heteroatoms. The van der Waals surface area contributed by atoms with Gasteiger partial charge in [0.05, 0.1) is 30.2 Å². The number of amides is 1. The molecule has 4 aromatic rings. The standard InChI is InChI=1S/C32H32N2O5/c1-21-18-26-27(19-22(21)2)39-31-28(30(26)35)29(34(32(31)36)13-7-12-33-14-16-37-17-15-33)23-8-6-11-25(20-23)38-24-9-4-3-5-10-24/h3-6,8-11,18-20,29H,7,12-17H2,1-2H3. The Kier molecular flexibility index (Phi) is 6.94. The maximum Gasteiger partial charge on any atom is 0.290 e. The summed E-state index contributed by atoms with van der Waals surface area (Å²) in [7, 11) is 0. The molecule has 0 saturated carbocycles. The summed E-state index contributed by atoms with van der Waals surface area (Å²) in [6, 6.07) is 20.4. The van der Waals surface area contributed by atoms with Crippen molar-refractivity contribution in [3.63, 3.8) is 0 Å². The first kappa shape index (κ1) is 25.3. The molecule has 0 radical (unpaired) electrons. The Morgan fingerprint density at radius 2 is 1.62 bits per heavy atom. The minimum Gasteiger partial charge on any atom is -0.457 e. The fourth-order valence-corrected chi connectivity index (χ4v) is 5.51. The first-order chi connectivity index (χ1) is 19.0. The third-order valence-corrected chi connectivity index (χ3v) is 7.71. The van der Waals surface area contributed by atoms with E-state index in [0.717, 1.165) is 61.7 Å². The van der Waals surface area contributed by atoms with Gasteiger partial charge in [-0.05, 0) is 73.4 Å². The van der Waals surface area contributed by atoms with Gasteiger partial charge in [0.1, 0.15) is 17.1 Å². The fourth-order valence-electron chi connectivity index (χ4n) is 5.51. The Morgan fingerprint density at radius 1 is 0.872 bits per heavy atom. The number of carbonyl (C=O) groups is 1. The average Bonchev–Trinajstić information content (AvgIpc) is 3.23. The third-order valence-electron chi connectivity index (χ3n) is 7.71. The number of aryl methyl sites for hydroxylation is 2. The van der Waals surface area contributed by atoms with Crippen molar-refractivity contribution in [3.8, 4) is 11.5 Å². The van der Waals surface area contributed by atoms with Crippen molar-refractivity contribution in [2.45, 2.75) is 26.3 Å². The number of fused-ring (bicyclic) bond motifs is 2. The molecule has 1 amide bonds. The van der Waals surface area contributed by atoms with Crippen molar-refractivity contribution in [1.29, 1.82) is 0 Å². The summed E-state index contributed by atoms with van der Waals surface area (Å²) >= 11 is 0. The van der Waals surface area contributed by atoms with Crippen molar-refractivity contribution < 1.29 is 18.7 Å². The molecule has 200 valence electrons. The van der Waals surface area contributed by atoms with E-state index in [1.807, 2.05) is 80.6 Å². The maximum absolute atomic E-state index is 14.0. The Balaban J connectivity index is 1.40. The molecule has 3 heterocycles. The largest absolute Gasteiger partial charge is 0.457 e. The van der Waals surface area contributed by atoms with Gasteiger partial charge in [-0.1, -0.05) is 30.3 Å². The second-order valence-corrected chi connectivity index (χ2v) is 10.3. The number of hydrogen-bond donors (Lipinski definition) is 0. The minimum absolute atomic E-state index is 0.140. The first-order valence-corrected chi connectivity index (χ1v) is 13.5. The molecular weight excluding hydrogens is 492 g/mol. The molecule has 1 aromatic heterocycles. The predicted molar refractivity (Wildman–Crippen MR) is 150 cm³/mol. The molecule has 1 atom stereocenters. The molecule has 0 spiro atoms. The average molecular weight is 525 g/mol. The maximum atomic E-state index is 14.0. The van der Waals surface area contributed by atoms with Gasteiger partial charge in [-0.15, -0.1) is 0 Å². The number of morpholine rings is 1. The SMILES string of the molecule is Cc1cc2oc3c(c(=O)c2cc1C)C(c1cccc(Oc2ccccc2)c1)N(CCCN1CCOCC1)C3=O. The van der Waals surface area contributed by atoms with Crippen LogP contribution in [0.2, 0.25) is 0 Å². The summed E-state index contributed by atoms with van der Waals surface area (Å²) in [5, 5.41) is 0.501. The van der Waals surface area contributed by atoms with Crippen LogP contribution in [0.4, 0.5) is 0 Å². The van der Waals surface area contributed by atoms with Gasteiger partial charge in [-0.3, -0.25) is 14.5 Å². The lowest BCUT2D eigenvalue weighted by molar-refractivity contribution is 0.0353. The van der Waals surface area contributed by atoms with Crippen molar-refractivity contribution in [2.24, 2.45) is 0 Å². The molecule has 39 heavy (non-hydrogen) atoms. The van der Waals surface area contributed by atoms with Crippen molar-refractivity contribution in [1.82, 2.24) is 9.80 Å². The summed E-state index contributed by atoms with van der Waals surface area (Å²) in [6.45, 7) is 8.55. The van der Waals surface area contributed by atoms with E-state index in [9.17, 15) is 9.59 Å². The van der Waals surface area contributed by atoms with Crippen LogP contribution in [0, 0.1) is 13.8 Å². The zero-order chi connectivity index (χ0) is 26.9. The predicted octanol–water partition coefficient (Wildman–Crippen LogP) is 5.47. The van der Waals surface area contributed by atoms with E-state index < -0.39 is 6.04 Å². The summed E-state index contributed by atoms with van der Waals surface area (Å²) < 4.78 is 17.8. The van der Waals surface area contributed by atoms with E-state index in [1.54, 1.807) is 4.90 Å². The number of para-hydroxylation sites is 1. The number of benzene rings is 3. The molecule has 6 rings (SSSR count). The lowest BCUT2D eigenvalue weighted by atomic mass is 9.97. The van der Waals surface area contributed by atoms with E-state index in [4.69, 9.17) is 13.9 Å². The van der Waals surface area contributed by atoms with Crippen LogP contribution < -0.4 is 10.2 Å². The van der Waals surface area contributed by atoms with Crippen molar-refractivity contribution >= 4 is 16.9 Å². The molecule has 2 aliphatic rings. The van der Waals surface area contributed by atoms with E-state index in [0.29, 0.717) is 28.8 Å². The van der Waals surface area contributed by atoms with E-state index >= 15 is 0 Å². The Morgan fingerprint density at radius 3 is 2.41 bits per heavy atom. The van der Waals surface area contributed by atoms with Crippen molar-refractivity contribution in [3.05, 3.63) is 105 Å². The molecule has 0 bridgehead atoms. The Labute approximate surface area is 227 Å². The molecule has 0 N–H and O–H groups in total. The Hall–Kier alpha value is -3.94. The summed E-state index contributed by atoms with van der Waals surface area (Å²) in [6.07, 6.45) is 0.780. The summed E-state index contributed by atoms with van der Waals surface area (Å²) in [5.41, 5.74) is 3.54. The second kappa shape index (κ2) is 10.7. The van der Waals surface area contributed by atoms with E-state index in [1.165, 1.54) is 0 Å². The van der Waals surface area contributed by atoms with Gasteiger partial charge in [-0.25, -0.2) is 0 Å². The van der Waals surface area contributed by atoms with Crippen LogP contribution in [-0.2, 0) is 4.74 Å². The van der Waals surface area contributed by atoms with Crippen LogP contribution in [0.5, 0.6) is 11.5 Å². The highest BCUT2D eigenvalue weighted by Crippen LogP contribution is 2.39. The van der Waals surface area contributed by atoms with Gasteiger partial charge < -0.3 is 18.8 Å². The lowest BCUT2D eigenvalue weighted by Crippen LogP contribution is -2.38. The number of rotatable bonds is 7. The van der Waals surface area contributed by atoms with E-state index in [-0.39, 0.29) is 17.1 Å². The Bertz CT molecular complexity index is 1570. The van der Waals surface area contributed by atoms with Gasteiger partial charge >= 0.3 is 0 Å². The van der Waals surface area contributed by atoms with Gasteiger partial charge in [0, 0.05) is 26.2 Å². The van der Waals surface area contributed by atoms with Crippen LogP contribution in [0.3, 0.4) is 0 Å². The number of ether oxygens (including phenoxy) is 2. The zero-order valence-corrected chi connectivity index (χ0v) is 22.3. The van der Waals surface area contributed by atoms with Crippen LogP contribution >= 0.6 is 0 Å². The normalized spacial score (nSPS) is 17.5. The van der Waals surface area contributed by atoms with Gasteiger partial charge in [0.25, 0.3) is 5.91 Å². The zero-order valence-electron chi connectivity index (χ0n) is 22.3. The minimum atomic E-state index is -0.557. The topological polar surface area (TPSA) is 72.2 Å². The molecule has 2 aliphatic heterocycles. The molecular formula is C32H32N2O5. The number of carbonyl (C=O) groups excluding carboxylic acids is 1. The molecule has 7 nitrogen and oxygen atoms in total. The summed E-state index contributed by atoms with van der Waals surface area (Å²) in [5.74, 6) is 1.26. The highest BCUT2D eigenvalue weighted by molar-refractivity contribution is 5.99. The number of hydrogen-bond acceptors (Lipinski definition) is 6. The van der Waals surface area contributed by atoms with Gasteiger partial charge in [0.15, 0.2) is 5.43 Å². The smallest absolute Gasteiger partial charge is 0.290 e. The van der Waals surface area contributed by atoms with Crippen LogP contribution in [0.25, 0.3) is 11.0 Å². The highest BCUT2D eigenvalue weighted by atomic mass is 16.5. The highest BCUT2D eigenvalue weighted by Gasteiger charge is 2.42. The molecule has 1 unspecified atom stereocenters. The third kappa shape index (κ3) is 4.95. The van der Waals surface area contributed by atoms with Gasteiger partial charge in [-0.2, -0.15) is 0 Å². The molecule has 1 fully saturated rings. The van der Waals surface area contributed by atoms with Crippen LogP contribution in [0.15, 0.2) is 75.9 Å². The number of nitrogens with zero attached hydrogens (tertiary/aromatic N) is 2. The second-order valence-electron chi connectivity index (χ2n) is 10.3. The molecule has 1 saturated heterocycles. The summed E-state index contributed by atoms with van der Waals surface area (Å²) in [4.78, 5) is 31.9. The van der Waals surface area contributed by atoms with Crippen LogP contribution in [0.1, 0.15) is 45.3 Å². The fraction of sp³-hybridized carbons (Fsp3) is 0.312. The lowest BCUT2D eigenvalue weighted by Gasteiger charge is -2.29.